The predicted octanol–water partition coefficient (Wildman–Crippen LogP) is 6.50. The van der Waals surface area contributed by atoms with Crippen molar-refractivity contribution < 1.29 is 0 Å². The highest BCUT2D eigenvalue weighted by molar-refractivity contribution is 5.86. The van der Waals surface area contributed by atoms with E-state index in [0.717, 1.165) is 34.4 Å². The first-order valence-electron chi connectivity index (χ1n) is 11.2. The van der Waals surface area contributed by atoms with Crippen molar-refractivity contribution in [1.82, 2.24) is 15.0 Å². The largest absolute Gasteiger partial charge is 0.321 e. The van der Waals surface area contributed by atoms with Gasteiger partial charge in [0.1, 0.15) is 5.82 Å². The molecule has 4 rings (SSSR count). The van der Waals surface area contributed by atoms with Crippen molar-refractivity contribution >= 4 is 10.9 Å². The molecule has 1 aromatic carbocycles. The molecule has 0 amide bonds. The summed E-state index contributed by atoms with van der Waals surface area (Å²) in [7, 11) is 0. The first-order chi connectivity index (χ1) is 14.3. The molecule has 1 saturated carbocycles. The smallest absolute Gasteiger partial charge is 0.146 e. The van der Waals surface area contributed by atoms with Crippen LogP contribution in [0.2, 0.25) is 0 Å². The molecule has 0 bridgehead atoms. The Morgan fingerprint density at radius 3 is 2.21 bits per heavy atom. The molecule has 0 radical (unpaired) electrons. The zero-order valence-electron chi connectivity index (χ0n) is 18.7. The summed E-state index contributed by atoms with van der Waals surface area (Å²) in [5, 5.41) is 1.12. The van der Waals surface area contributed by atoms with Crippen LogP contribution in [-0.4, -0.2) is 15.0 Å². The SMILES string of the molecule is CC.CC.CCc1nc(C(N)C2CCCC2)nc2ccc(-c3ccncc3)cc12. The molecule has 1 unspecified atom stereocenters. The molecule has 1 aliphatic carbocycles. The molecule has 2 aromatic heterocycles. The monoisotopic (exact) mass is 392 g/mol. The quantitative estimate of drug-likeness (QED) is 0.550. The van der Waals surface area contributed by atoms with Crippen LogP contribution in [0.4, 0.5) is 0 Å². The topological polar surface area (TPSA) is 64.7 Å². The number of nitrogens with two attached hydrogens (primary N) is 1. The third-order valence-corrected chi connectivity index (χ3v) is 5.35. The molecule has 1 atom stereocenters. The van der Waals surface area contributed by atoms with Crippen LogP contribution in [0.15, 0.2) is 42.7 Å². The van der Waals surface area contributed by atoms with Crippen LogP contribution in [0.5, 0.6) is 0 Å². The number of nitrogens with zero attached hydrogens (tertiary/aromatic N) is 3. The fourth-order valence-corrected chi connectivity index (χ4v) is 3.88. The van der Waals surface area contributed by atoms with Gasteiger partial charge in [-0.15, -0.1) is 0 Å². The van der Waals surface area contributed by atoms with E-state index in [1.807, 2.05) is 52.2 Å². The fourth-order valence-electron chi connectivity index (χ4n) is 3.88. The fraction of sp³-hybridized carbons (Fsp3) is 0.480. The Hall–Kier alpha value is -2.33. The summed E-state index contributed by atoms with van der Waals surface area (Å²) in [6.45, 7) is 10.1. The van der Waals surface area contributed by atoms with E-state index in [-0.39, 0.29) is 6.04 Å². The molecule has 2 heterocycles. The van der Waals surface area contributed by atoms with Crippen LogP contribution in [-0.2, 0) is 6.42 Å². The minimum Gasteiger partial charge on any atom is -0.321 e. The maximum Gasteiger partial charge on any atom is 0.146 e. The zero-order valence-corrected chi connectivity index (χ0v) is 18.7. The average molecular weight is 393 g/mol. The van der Waals surface area contributed by atoms with Gasteiger partial charge in [0.05, 0.1) is 17.3 Å². The predicted molar refractivity (Wildman–Crippen MR) is 124 cm³/mol. The highest BCUT2D eigenvalue weighted by Gasteiger charge is 2.26. The maximum atomic E-state index is 6.50. The molecule has 156 valence electrons. The lowest BCUT2D eigenvalue weighted by Gasteiger charge is -2.19. The van der Waals surface area contributed by atoms with Crippen molar-refractivity contribution in [3.8, 4) is 11.1 Å². The Labute approximate surface area is 176 Å². The second-order valence-electron chi connectivity index (χ2n) is 6.92. The van der Waals surface area contributed by atoms with Crippen molar-refractivity contribution in [2.24, 2.45) is 11.7 Å². The van der Waals surface area contributed by atoms with E-state index in [4.69, 9.17) is 15.7 Å². The van der Waals surface area contributed by atoms with E-state index in [1.165, 1.54) is 31.2 Å². The number of hydrogen-bond acceptors (Lipinski definition) is 4. The number of pyridine rings is 1. The van der Waals surface area contributed by atoms with E-state index < -0.39 is 0 Å². The lowest BCUT2D eigenvalue weighted by Crippen LogP contribution is -2.22. The van der Waals surface area contributed by atoms with Gasteiger partial charge in [-0.2, -0.15) is 0 Å². The summed E-state index contributed by atoms with van der Waals surface area (Å²) in [5.74, 6) is 1.34. The van der Waals surface area contributed by atoms with E-state index in [1.54, 1.807) is 0 Å². The van der Waals surface area contributed by atoms with Crippen LogP contribution in [0.3, 0.4) is 0 Å². The van der Waals surface area contributed by atoms with Crippen LogP contribution in [0.25, 0.3) is 22.0 Å². The van der Waals surface area contributed by atoms with Gasteiger partial charge in [-0.25, -0.2) is 9.97 Å². The van der Waals surface area contributed by atoms with Gasteiger partial charge in [0, 0.05) is 17.8 Å². The molecule has 0 spiro atoms. The van der Waals surface area contributed by atoms with Crippen molar-refractivity contribution in [3.63, 3.8) is 0 Å². The van der Waals surface area contributed by atoms with Crippen LogP contribution in [0.1, 0.15) is 77.9 Å². The molecule has 0 saturated heterocycles. The molecule has 4 nitrogen and oxygen atoms in total. The summed E-state index contributed by atoms with van der Waals surface area (Å²) < 4.78 is 0. The summed E-state index contributed by atoms with van der Waals surface area (Å²) in [4.78, 5) is 13.8. The lowest BCUT2D eigenvalue weighted by molar-refractivity contribution is 0.428. The normalized spacial score (nSPS) is 14.6. The van der Waals surface area contributed by atoms with E-state index >= 15 is 0 Å². The van der Waals surface area contributed by atoms with Gasteiger partial charge in [-0.3, -0.25) is 4.98 Å². The van der Waals surface area contributed by atoms with Gasteiger partial charge in [0.25, 0.3) is 0 Å². The summed E-state index contributed by atoms with van der Waals surface area (Å²) in [6.07, 6.45) is 9.48. The first kappa shape index (κ1) is 23.0. The minimum absolute atomic E-state index is 0.0444. The summed E-state index contributed by atoms with van der Waals surface area (Å²) >= 11 is 0. The molecule has 4 heteroatoms. The molecular formula is C25H36N4. The van der Waals surface area contributed by atoms with Gasteiger partial charge < -0.3 is 5.73 Å². The van der Waals surface area contributed by atoms with Crippen molar-refractivity contribution in [1.29, 1.82) is 0 Å². The van der Waals surface area contributed by atoms with Gasteiger partial charge >= 0.3 is 0 Å². The summed E-state index contributed by atoms with van der Waals surface area (Å²) in [6, 6.07) is 10.4. The van der Waals surface area contributed by atoms with Gasteiger partial charge in [-0.05, 0) is 60.6 Å². The number of rotatable bonds is 4. The van der Waals surface area contributed by atoms with Crippen molar-refractivity contribution in [2.45, 2.75) is 72.8 Å². The Morgan fingerprint density at radius 2 is 1.59 bits per heavy atom. The lowest BCUT2D eigenvalue weighted by atomic mass is 9.97. The molecule has 0 aliphatic heterocycles. The molecule has 29 heavy (non-hydrogen) atoms. The number of fused-ring (bicyclic) bond motifs is 1. The minimum atomic E-state index is -0.0444. The molecular weight excluding hydrogens is 356 g/mol. The van der Waals surface area contributed by atoms with Gasteiger partial charge in [0.15, 0.2) is 0 Å². The Bertz CT molecular complexity index is 871. The molecule has 3 aromatic rings. The Kier molecular flexibility index (Phi) is 9.20. The third kappa shape index (κ3) is 5.39. The average Bonchev–Trinajstić information content (AvgIpc) is 3.35. The standard InChI is InChI=1S/C21H24N4.2C2H6/c1-2-18-17-13-16(14-9-11-23-12-10-14)7-8-19(17)25-21(24-18)20(22)15-5-3-4-6-15;2*1-2/h7-13,15,20H,2-6,22H2,1H3;2*1-2H3. The number of aromatic nitrogens is 3. The van der Waals surface area contributed by atoms with E-state index in [9.17, 15) is 0 Å². The van der Waals surface area contributed by atoms with Gasteiger partial charge in [-0.1, -0.05) is 53.5 Å². The second-order valence-corrected chi connectivity index (χ2v) is 6.92. The van der Waals surface area contributed by atoms with E-state index in [2.05, 4.69) is 30.1 Å². The molecule has 1 fully saturated rings. The summed E-state index contributed by atoms with van der Waals surface area (Å²) in [5.41, 5.74) is 10.9. The Morgan fingerprint density at radius 1 is 0.931 bits per heavy atom. The number of hydrogen-bond donors (Lipinski definition) is 1. The molecule has 1 aliphatic rings. The second kappa shape index (κ2) is 11.6. The zero-order chi connectivity index (χ0) is 21.2. The highest BCUT2D eigenvalue weighted by Crippen LogP contribution is 2.34. The van der Waals surface area contributed by atoms with Gasteiger partial charge in [0.2, 0.25) is 0 Å². The number of benzene rings is 1. The van der Waals surface area contributed by atoms with E-state index in [0.29, 0.717) is 5.92 Å². The third-order valence-electron chi connectivity index (χ3n) is 5.35. The van der Waals surface area contributed by atoms with Crippen molar-refractivity contribution in [2.75, 3.05) is 0 Å². The van der Waals surface area contributed by atoms with Crippen molar-refractivity contribution in [3.05, 3.63) is 54.2 Å². The highest BCUT2D eigenvalue weighted by atomic mass is 14.9. The molecule has 2 N–H and O–H groups in total. The first-order valence-corrected chi connectivity index (χ1v) is 11.2. The maximum absolute atomic E-state index is 6.50. The van der Waals surface area contributed by atoms with Crippen LogP contribution < -0.4 is 5.73 Å². The van der Waals surface area contributed by atoms with Crippen LogP contribution >= 0.6 is 0 Å². The Balaban J connectivity index is 0.000000707. The number of aryl methyl sites for hydroxylation is 1. The van der Waals surface area contributed by atoms with Crippen LogP contribution in [0, 0.1) is 5.92 Å².